The Morgan fingerprint density at radius 3 is 1.10 bits per heavy atom. The normalized spacial score (nSPS) is 10.8. The third kappa shape index (κ3) is 8.51. The van der Waals surface area contributed by atoms with Crippen molar-refractivity contribution in [1.82, 2.24) is 0 Å². The van der Waals surface area contributed by atoms with Gasteiger partial charge in [0, 0.05) is 47.9 Å². The third-order valence-corrected chi connectivity index (χ3v) is 5.61. The predicted octanol–water partition coefficient (Wildman–Crippen LogP) is 7.57. The summed E-state index contributed by atoms with van der Waals surface area (Å²) in [6.45, 7) is 8.08. The van der Waals surface area contributed by atoms with Crippen LogP contribution in [0.3, 0.4) is 0 Å². The van der Waals surface area contributed by atoms with Gasteiger partial charge in [-0.05, 0) is 37.8 Å². The highest BCUT2D eigenvalue weighted by molar-refractivity contribution is 6.15. The van der Waals surface area contributed by atoms with Crippen molar-refractivity contribution in [3.63, 3.8) is 0 Å². The second-order valence-electron chi connectivity index (χ2n) is 8.40. The first-order valence-electron chi connectivity index (χ1n) is 12.2. The van der Waals surface area contributed by atoms with Crippen molar-refractivity contribution in [3.05, 3.63) is 34.4 Å². The van der Waals surface area contributed by atoms with Crippen molar-refractivity contribution < 1.29 is 19.2 Å². The summed E-state index contributed by atoms with van der Waals surface area (Å²) < 4.78 is 0. The molecular formula is C27H40O4. The summed E-state index contributed by atoms with van der Waals surface area (Å²) in [7, 11) is 0. The van der Waals surface area contributed by atoms with E-state index in [-0.39, 0.29) is 23.1 Å². The number of ketones is 4. The number of unbranched alkanes of at least 4 members (excludes halogenated alkanes) is 5. The maximum Gasteiger partial charge on any atom is 0.163 e. The molecule has 0 bridgehead atoms. The van der Waals surface area contributed by atoms with Crippen LogP contribution in [0.25, 0.3) is 0 Å². The zero-order valence-corrected chi connectivity index (χ0v) is 20.0. The van der Waals surface area contributed by atoms with Gasteiger partial charge in [-0.3, -0.25) is 19.2 Å². The van der Waals surface area contributed by atoms with E-state index in [1.807, 2.05) is 13.8 Å². The number of carbonyl (C=O) groups excluding carboxylic acids is 4. The van der Waals surface area contributed by atoms with Gasteiger partial charge in [0.05, 0.1) is 0 Å². The highest BCUT2D eigenvalue weighted by Gasteiger charge is 2.25. The van der Waals surface area contributed by atoms with Gasteiger partial charge >= 0.3 is 0 Å². The number of hydrogen-bond donors (Lipinski definition) is 0. The fourth-order valence-corrected chi connectivity index (χ4v) is 3.70. The average Bonchev–Trinajstić information content (AvgIpc) is 2.76. The van der Waals surface area contributed by atoms with Gasteiger partial charge in [-0.1, -0.05) is 59.8 Å². The van der Waals surface area contributed by atoms with Gasteiger partial charge in [-0.2, -0.15) is 0 Å². The third-order valence-electron chi connectivity index (χ3n) is 5.61. The average molecular weight is 429 g/mol. The van der Waals surface area contributed by atoms with Gasteiger partial charge in [-0.25, -0.2) is 0 Å². The van der Waals surface area contributed by atoms with Gasteiger partial charge in [0.25, 0.3) is 0 Å². The summed E-state index contributed by atoms with van der Waals surface area (Å²) >= 11 is 0. The second kappa shape index (κ2) is 14.8. The summed E-state index contributed by atoms with van der Waals surface area (Å²) in [5.74, 6) is -0.458. The van der Waals surface area contributed by atoms with Crippen molar-refractivity contribution in [2.24, 2.45) is 0 Å². The van der Waals surface area contributed by atoms with Crippen LogP contribution in [0.2, 0.25) is 0 Å². The molecule has 1 rings (SSSR count). The smallest absolute Gasteiger partial charge is 0.163 e. The first-order chi connectivity index (χ1) is 14.9. The van der Waals surface area contributed by atoms with E-state index >= 15 is 0 Å². The van der Waals surface area contributed by atoms with Crippen LogP contribution < -0.4 is 0 Å². The molecule has 0 atom stereocenters. The highest BCUT2D eigenvalue weighted by atomic mass is 16.1. The van der Waals surface area contributed by atoms with E-state index < -0.39 is 0 Å². The molecule has 0 aliphatic rings. The van der Waals surface area contributed by atoms with Gasteiger partial charge < -0.3 is 0 Å². The molecule has 0 aliphatic heterocycles. The second-order valence-corrected chi connectivity index (χ2v) is 8.40. The Labute approximate surface area is 188 Å². The van der Waals surface area contributed by atoms with Crippen LogP contribution in [0.15, 0.2) is 12.1 Å². The Balaban J connectivity index is 3.49. The van der Waals surface area contributed by atoms with E-state index in [1.165, 1.54) is 0 Å². The van der Waals surface area contributed by atoms with E-state index in [0.29, 0.717) is 54.4 Å². The highest BCUT2D eigenvalue weighted by Crippen LogP contribution is 2.25. The van der Waals surface area contributed by atoms with E-state index in [9.17, 15) is 19.2 Å². The Hall–Kier alpha value is -2.10. The van der Waals surface area contributed by atoms with Gasteiger partial charge in [-0.15, -0.1) is 0 Å². The number of rotatable bonds is 17. The first-order valence-corrected chi connectivity index (χ1v) is 12.2. The molecule has 4 nitrogen and oxygen atoms in total. The van der Waals surface area contributed by atoms with E-state index in [0.717, 1.165) is 51.4 Å². The molecule has 31 heavy (non-hydrogen) atoms. The van der Waals surface area contributed by atoms with Crippen molar-refractivity contribution in [3.8, 4) is 0 Å². The topological polar surface area (TPSA) is 68.3 Å². The Kier molecular flexibility index (Phi) is 12.9. The van der Waals surface area contributed by atoms with Gasteiger partial charge in [0.2, 0.25) is 0 Å². The molecule has 0 unspecified atom stereocenters. The maximum atomic E-state index is 13.0. The van der Waals surface area contributed by atoms with Crippen LogP contribution in [0.1, 0.15) is 153 Å². The van der Waals surface area contributed by atoms with E-state index in [4.69, 9.17) is 0 Å². The Morgan fingerprint density at radius 1 is 0.452 bits per heavy atom. The number of benzene rings is 1. The Bertz CT molecular complexity index is 761. The lowest BCUT2D eigenvalue weighted by atomic mass is 9.86. The van der Waals surface area contributed by atoms with Crippen LogP contribution in [0.4, 0.5) is 0 Å². The van der Waals surface area contributed by atoms with Crippen LogP contribution in [0.5, 0.6) is 0 Å². The minimum atomic E-state index is -0.130. The molecule has 0 aliphatic carbocycles. The summed E-state index contributed by atoms with van der Waals surface area (Å²) in [5, 5.41) is 0. The molecule has 0 radical (unpaired) electrons. The number of Topliss-reactive ketones (excluding diaryl/α,β-unsaturated/α-hetero) is 4. The molecule has 0 amide bonds. The maximum absolute atomic E-state index is 13.0. The molecule has 172 valence electrons. The van der Waals surface area contributed by atoms with Crippen molar-refractivity contribution >= 4 is 23.1 Å². The lowest BCUT2D eigenvalue weighted by Gasteiger charge is -2.15. The lowest BCUT2D eigenvalue weighted by molar-refractivity contribution is 0.0936. The van der Waals surface area contributed by atoms with Gasteiger partial charge in [0.15, 0.2) is 23.1 Å². The lowest BCUT2D eigenvalue weighted by Crippen LogP contribution is -2.16. The molecule has 0 N–H and O–H groups in total. The number of hydrogen-bond acceptors (Lipinski definition) is 4. The zero-order chi connectivity index (χ0) is 23.2. The minimum absolute atomic E-state index is 0.105. The van der Waals surface area contributed by atoms with Crippen LogP contribution >= 0.6 is 0 Å². The summed E-state index contributed by atoms with van der Waals surface area (Å²) in [6.07, 6.45) is 9.06. The SMILES string of the molecule is CCCCCC(=O)c1cc(C(=O)CCC)c(C(=O)CCCC)cc1C(=O)CCCCC. The summed E-state index contributed by atoms with van der Waals surface area (Å²) in [5.41, 5.74) is 1.28. The van der Waals surface area contributed by atoms with Crippen LogP contribution in [-0.4, -0.2) is 23.1 Å². The molecule has 4 heteroatoms. The van der Waals surface area contributed by atoms with E-state index in [1.54, 1.807) is 12.1 Å². The fourth-order valence-electron chi connectivity index (χ4n) is 3.70. The molecule has 0 spiro atoms. The van der Waals surface area contributed by atoms with Crippen molar-refractivity contribution in [2.75, 3.05) is 0 Å². The van der Waals surface area contributed by atoms with E-state index in [2.05, 4.69) is 13.8 Å². The monoisotopic (exact) mass is 428 g/mol. The van der Waals surface area contributed by atoms with Crippen LogP contribution in [0, 0.1) is 0 Å². The molecule has 0 aromatic heterocycles. The molecular weight excluding hydrogens is 388 g/mol. The van der Waals surface area contributed by atoms with Crippen molar-refractivity contribution in [2.45, 2.75) is 111 Å². The molecule has 0 saturated heterocycles. The standard InChI is InChI=1S/C27H40O4/c1-5-9-12-16-26(30)22-18-20(24(28)14-8-4)21(25(29)15-11-7-3)19-23(22)27(31)17-13-10-6-2/h18-19H,5-17H2,1-4H3. The zero-order valence-electron chi connectivity index (χ0n) is 20.0. The predicted molar refractivity (Wildman–Crippen MR) is 126 cm³/mol. The molecule has 1 aromatic carbocycles. The molecule has 0 saturated carbocycles. The van der Waals surface area contributed by atoms with Crippen LogP contribution in [-0.2, 0) is 0 Å². The minimum Gasteiger partial charge on any atom is -0.294 e. The van der Waals surface area contributed by atoms with Gasteiger partial charge in [0.1, 0.15) is 0 Å². The quantitative estimate of drug-likeness (QED) is 0.189. The summed E-state index contributed by atoms with van der Waals surface area (Å²) in [6, 6.07) is 3.11. The first kappa shape index (κ1) is 26.9. The van der Waals surface area contributed by atoms with Crippen molar-refractivity contribution in [1.29, 1.82) is 0 Å². The fraction of sp³-hybridized carbons (Fsp3) is 0.630. The largest absolute Gasteiger partial charge is 0.294 e. The molecule has 1 aromatic rings. The number of carbonyl (C=O) groups is 4. The Morgan fingerprint density at radius 2 is 0.774 bits per heavy atom. The summed E-state index contributed by atoms with van der Waals surface area (Å²) in [4.78, 5) is 51.8. The molecule has 0 fully saturated rings. The molecule has 0 heterocycles.